The fraction of sp³-hybridized carbons (Fsp3) is 0.231. The van der Waals surface area contributed by atoms with Gasteiger partial charge in [-0.25, -0.2) is 4.79 Å². The van der Waals surface area contributed by atoms with Crippen molar-refractivity contribution in [2.45, 2.75) is 19.4 Å². The van der Waals surface area contributed by atoms with E-state index >= 15 is 0 Å². The van der Waals surface area contributed by atoms with Crippen LogP contribution in [0.1, 0.15) is 11.1 Å². The molecule has 5 N–H and O–H groups in total. The third-order valence-electron chi connectivity index (χ3n) is 2.97. The second kappa shape index (κ2) is 4.74. The van der Waals surface area contributed by atoms with Crippen LogP contribution in [0.5, 0.6) is 0 Å². The van der Waals surface area contributed by atoms with Crippen LogP contribution in [0, 0.1) is 6.92 Å². The number of rotatable bonds is 3. The maximum atomic E-state index is 11.3. The van der Waals surface area contributed by atoms with Crippen LogP contribution in [0.4, 0.5) is 5.69 Å². The zero-order valence-electron chi connectivity index (χ0n) is 10.3. The molecule has 0 saturated carbocycles. The number of hydrogen-bond donors (Lipinski definition) is 3. The quantitative estimate of drug-likeness (QED) is 0.551. The summed E-state index contributed by atoms with van der Waals surface area (Å²) in [6.07, 6.45) is 0.121. The van der Waals surface area contributed by atoms with Crippen molar-refractivity contribution in [3.05, 3.63) is 39.7 Å². The van der Waals surface area contributed by atoms with E-state index in [0.29, 0.717) is 16.8 Å². The minimum atomic E-state index is -1.09. The molecule has 100 valence electrons. The third kappa shape index (κ3) is 2.58. The predicted molar refractivity (Wildman–Crippen MR) is 70.9 cm³/mol. The fourth-order valence-electron chi connectivity index (χ4n) is 1.93. The van der Waals surface area contributed by atoms with Crippen molar-refractivity contribution >= 4 is 22.6 Å². The summed E-state index contributed by atoms with van der Waals surface area (Å²) in [5, 5.41) is 9.54. The lowest BCUT2D eigenvalue weighted by atomic mass is 10.0. The molecule has 0 spiro atoms. The van der Waals surface area contributed by atoms with Gasteiger partial charge in [-0.1, -0.05) is 0 Å². The van der Waals surface area contributed by atoms with Crippen LogP contribution < -0.4 is 17.1 Å². The van der Waals surface area contributed by atoms with E-state index in [-0.39, 0.29) is 6.42 Å². The van der Waals surface area contributed by atoms with Crippen molar-refractivity contribution in [2.24, 2.45) is 5.73 Å². The lowest BCUT2D eigenvalue weighted by Gasteiger charge is -2.11. The number of carboxylic acid groups (broad SMARTS) is 1. The molecule has 0 bridgehead atoms. The molecule has 1 heterocycles. The summed E-state index contributed by atoms with van der Waals surface area (Å²) < 4.78 is 5.05. The highest BCUT2D eigenvalue weighted by Crippen LogP contribution is 2.24. The van der Waals surface area contributed by atoms with E-state index in [1.54, 1.807) is 13.0 Å². The van der Waals surface area contributed by atoms with E-state index < -0.39 is 17.6 Å². The molecule has 1 aromatic carbocycles. The first-order chi connectivity index (χ1) is 8.88. The Kier molecular flexibility index (Phi) is 3.26. The normalized spacial score (nSPS) is 12.5. The summed E-state index contributed by atoms with van der Waals surface area (Å²) in [6.45, 7) is 1.77. The van der Waals surface area contributed by atoms with Crippen molar-refractivity contribution in [1.29, 1.82) is 0 Å². The minimum absolute atomic E-state index is 0.121. The van der Waals surface area contributed by atoms with E-state index in [1.165, 1.54) is 12.1 Å². The summed E-state index contributed by atoms with van der Waals surface area (Å²) in [4.78, 5) is 22.0. The van der Waals surface area contributed by atoms with Crippen molar-refractivity contribution in [3.8, 4) is 0 Å². The average molecular weight is 262 g/mol. The molecule has 2 aromatic rings. The van der Waals surface area contributed by atoms with Crippen LogP contribution in [0.15, 0.2) is 27.4 Å². The Bertz CT molecular complexity index is 706. The summed E-state index contributed by atoms with van der Waals surface area (Å²) in [5.41, 5.74) is 13.0. The zero-order valence-corrected chi connectivity index (χ0v) is 10.3. The smallest absolute Gasteiger partial charge is 0.336 e. The number of nitrogen functional groups attached to an aromatic ring is 1. The topological polar surface area (TPSA) is 120 Å². The Hall–Kier alpha value is -2.34. The van der Waals surface area contributed by atoms with Gasteiger partial charge in [-0.15, -0.1) is 0 Å². The van der Waals surface area contributed by atoms with Gasteiger partial charge in [0.25, 0.3) is 0 Å². The highest BCUT2D eigenvalue weighted by atomic mass is 16.4. The molecule has 0 unspecified atom stereocenters. The number of fused-ring (bicyclic) bond motifs is 1. The number of carbonyl (C=O) groups is 1. The van der Waals surface area contributed by atoms with E-state index in [1.807, 2.05) is 0 Å². The standard InChI is InChI=1S/C13H14N2O4/c1-6-2-12(16)19-11-5-9(14)7(3-8(6)11)4-10(15)13(17)18/h2-3,5,10H,4,14-15H2,1H3,(H,17,18)/t10-/m0/s1. The highest BCUT2D eigenvalue weighted by Gasteiger charge is 2.15. The number of aliphatic carboxylic acids is 1. The van der Waals surface area contributed by atoms with Crippen molar-refractivity contribution in [1.82, 2.24) is 0 Å². The highest BCUT2D eigenvalue weighted by molar-refractivity contribution is 5.85. The zero-order chi connectivity index (χ0) is 14.2. The van der Waals surface area contributed by atoms with Gasteiger partial charge < -0.3 is 21.0 Å². The lowest BCUT2D eigenvalue weighted by molar-refractivity contribution is -0.138. The van der Waals surface area contributed by atoms with Gasteiger partial charge in [-0.2, -0.15) is 0 Å². The van der Waals surface area contributed by atoms with Gasteiger partial charge in [0, 0.05) is 29.6 Å². The van der Waals surface area contributed by atoms with Gasteiger partial charge in [0.05, 0.1) is 0 Å². The van der Waals surface area contributed by atoms with E-state index in [0.717, 1.165) is 10.9 Å². The van der Waals surface area contributed by atoms with E-state index in [4.69, 9.17) is 21.0 Å². The molecule has 6 heteroatoms. The Morgan fingerprint density at radius 1 is 1.42 bits per heavy atom. The third-order valence-corrected chi connectivity index (χ3v) is 2.97. The van der Waals surface area contributed by atoms with Crippen LogP contribution in [0.25, 0.3) is 11.0 Å². The molecular weight excluding hydrogens is 248 g/mol. The fourth-order valence-corrected chi connectivity index (χ4v) is 1.93. The Labute approximate surface area is 108 Å². The first-order valence-electron chi connectivity index (χ1n) is 5.69. The van der Waals surface area contributed by atoms with Gasteiger partial charge in [-0.3, -0.25) is 4.79 Å². The minimum Gasteiger partial charge on any atom is -0.480 e. The van der Waals surface area contributed by atoms with Crippen LogP contribution in [0.2, 0.25) is 0 Å². The number of carboxylic acids is 1. The summed E-state index contributed by atoms with van der Waals surface area (Å²) >= 11 is 0. The molecule has 1 aromatic heterocycles. The predicted octanol–water partition coefficient (Wildman–Crippen LogP) is 0.638. The molecule has 0 aliphatic heterocycles. The van der Waals surface area contributed by atoms with Gasteiger partial charge in [0.1, 0.15) is 11.6 Å². The van der Waals surface area contributed by atoms with Crippen molar-refractivity contribution < 1.29 is 14.3 Å². The second-order valence-electron chi connectivity index (χ2n) is 4.44. The number of benzene rings is 1. The Morgan fingerprint density at radius 2 is 2.11 bits per heavy atom. The molecule has 19 heavy (non-hydrogen) atoms. The maximum Gasteiger partial charge on any atom is 0.336 e. The van der Waals surface area contributed by atoms with E-state index in [9.17, 15) is 9.59 Å². The lowest BCUT2D eigenvalue weighted by Crippen LogP contribution is -2.32. The molecule has 0 radical (unpaired) electrons. The monoisotopic (exact) mass is 262 g/mol. The van der Waals surface area contributed by atoms with Crippen LogP contribution in [-0.4, -0.2) is 17.1 Å². The molecular formula is C13H14N2O4. The van der Waals surface area contributed by atoms with Crippen LogP contribution >= 0.6 is 0 Å². The summed E-state index contributed by atoms with van der Waals surface area (Å²) in [7, 11) is 0. The van der Waals surface area contributed by atoms with Crippen LogP contribution in [-0.2, 0) is 11.2 Å². The van der Waals surface area contributed by atoms with Gasteiger partial charge in [0.2, 0.25) is 0 Å². The van der Waals surface area contributed by atoms with E-state index in [2.05, 4.69) is 0 Å². The second-order valence-corrected chi connectivity index (χ2v) is 4.44. The van der Waals surface area contributed by atoms with Crippen LogP contribution in [0.3, 0.4) is 0 Å². The molecule has 0 saturated heterocycles. The van der Waals surface area contributed by atoms with Gasteiger partial charge in [-0.05, 0) is 24.1 Å². The SMILES string of the molecule is Cc1cc(=O)oc2cc(N)c(C[C@H](N)C(=O)O)cc12. The van der Waals surface area contributed by atoms with Crippen molar-refractivity contribution in [2.75, 3.05) is 5.73 Å². The first kappa shape index (κ1) is 13.1. The number of nitrogens with two attached hydrogens (primary N) is 2. The molecule has 1 atom stereocenters. The molecule has 0 amide bonds. The summed E-state index contributed by atoms with van der Waals surface area (Å²) in [5.74, 6) is -1.09. The molecule has 0 aliphatic carbocycles. The number of hydrogen-bond acceptors (Lipinski definition) is 5. The summed E-state index contributed by atoms with van der Waals surface area (Å²) in [6, 6.07) is 3.59. The molecule has 0 fully saturated rings. The van der Waals surface area contributed by atoms with Gasteiger partial charge in [0.15, 0.2) is 0 Å². The first-order valence-corrected chi connectivity index (χ1v) is 5.69. The number of aryl methyl sites for hydroxylation is 1. The molecule has 0 aliphatic rings. The van der Waals surface area contributed by atoms with Crippen molar-refractivity contribution in [3.63, 3.8) is 0 Å². The maximum absolute atomic E-state index is 11.3. The molecule has 2 rings (SSSR count). The largest absolute Gasteiger partial charge is 0.480 e. The average Bonchev–Trinajstić information content (AvgIpc) is 2.30. The molecule has 6 nitrogen and oxygen atoms in total. The number of anilines is 1. The Balaban J connectivity index is 2.55. The van der Waals surface area contributed by atoms with Gasteiger partial charge >= 0.3 is 11.6 Å². The Morgan fingerprint density at radius 3 is 2.74 bits per heavy atom.